The van der Waals surface area contributed by atoms with E-state index < -0.39 is 11.7 Å². The zero-order valence-corrected chi connectivity index (χ0v) is 13.9. The zero-order chi connectivity index (χ0) is 16.9. The SMILES string of the molecule is COc1ccc2c(C(=O)C(=O)NCCN3CCCCC3)c[nH]c2c1. The summed E-state index contributed by atoms with van der Waals surface area (Å²) in [4.78, 5) is 29.9. The van der Waals surface area contributed by atoms with Crippen molar-refractivity contribution in [2.75, 3.05) is 33.3 Å². The molecule has 0 saturated carbocycles. The van der Waals surface area contributed by atoms with Crippen LogP contribution in [0.2, 0.25) is 0 Å². The van der Waals surface area contributed by atoms with Crippen molar-refractivity contribution >= 4 is 22.6 Å². The first-order chi connectivity index (χ1) is 11.7. The molecule has 1 aliphatic heterocycles. The summed E-state index contributed by atoms with van der Waals surface area (Å²) in [5.41, 5.74) is 1.17. The minimum atomic E-state index is -0.552. The van der Waals surface area contributed by atoms with E-state index in [-0.39, 0.29) is 0 Å². The summed E-state index contributed by atoms with van der Waals surface area (Å²) < 4.78 is 5.16. The maximum atomic E-state index is 12.4. The number of Topliss-reactive ketones (excluding diaryl/α,β-unsaturated/α-hetero) is 1. The number of likely N-dealkylation sites (tertiary alicyclic amines) is 1. The van der Waals surface area contributed by atoms with Crippen molar-refractivity contribution in [2.45, 2.75) is 19.3 Å². The molecule has 1 aromatic heterocycles. The fraction of sp³-hybridized carbons (Fsp3) is 0.444. The van der Waals surface area contributed by atoms with Gasteiger partial charge in [-0.05, 0) is 38.1 Å². The van der Waals surface area contributed by atoms with E-state index >= 15 is 0 Å². The lowest BCUT2D eigenvalue weighted by Gasteiger charge is -2.26. The number of benzene rings is 1. The lowest BCUT2D eigenvalue weighted by Crippen LogP contribution is -2.39. The van der Waals surface area contributed by atoms with Crippen molar-refractivity contribution in [3.8, 4) is 5.75 Å². The van der Waals surface area contributed by atoms with Crippen LogP contribution >= 0.6 is 0 Å². The smallest absolute Gasteiger partial charge is 0.292 e. The number of carbonyl (C=O) groups is 2. The van der Waals surface area contributed by atoms with Crippen LogP contribution in [0.4, 0.5) is 0 Å². The highest BCUT2D eigenvalue weighted by Gasteiger charge is 2.20. The average molecular weight is 329 g/mol. The van der Waals surface area contributed by atoms with Gasteiger partial charge in [0.2, 0.25) is 0 Å². The number of nitrogens with zero attached hydrogens (tertiary/aromatic N) is 1. The first-order valence-corrected chi connectivity index (χ1v) is 8.39. The second kappa shape index (κ2) is 7.49. The summed E-state index contributed by atoms with van der Waals surface area (Å²) in [7, 11) is 1.59. The van der Waals surface area contributed by atoms with Crippen molar-refractivity contribution in [3.63, 3.8) is 0 Å². The molecule has 6 heteroatoms. The van der Waals surface area contributed by atoms with E-state index in [2.05, 4.69) is 15.2 Å². The Morgan fingerprint density at radius 1 is 1.25 bits per heavy atom. The van der Waals surface area contributed by atoms with E-state index in [0.717, 1.165) is 30.5 Å². The molecular weight excluding hydrogens is 306 g/mol. The number of ether oxygens (including phenoxy) is 1. The maximum Gasteiger partial charge on any atom is 0.292 e. The molecule has 0 radical (unpaired) electrons. The van der Waals surface area contributed by atoms with Gasteiger partial charge in [0, 0.05) is 36.3 Å². The highest BCUT2D eigenvalue weighted by molar-refractivity contribution is 6.44. The largest absolute Gasteiger partial charge is 0.497 e. The van der Waals surface area contributed by atoms with Gasteiger partial charge in [0.05, 0.1) is 12.7 Å². The van der Waals surface area contributed by atoms with Crippen LogP contribution in [0, 0.1) is 0 Å². The molecule has 24 heavy (non-hydrogen) atoms. The van der Waals surface area contributed by atoms with Gasteiger partial charge < -0.3 is 19.9 Å². The molecular formula is C18H23N3O3. The summed E-state index contributed by atoms with van der Waals surface area (Å²) in [5, 5.41) is 3.47. The van der Waals surface area contributed by atoms with Crippen molar-refractivity contribution < 1.29 is 14.3 Å². The number of piperidine rings is 1. The molecule has 1 saturated heterocycles. The first kappa shape index (κ1) is 16.5. The molecule has 0 spiro atoms. The Morgan fingerprint density at radius 3 is 2.79 bits per heavy atom. The third kappa shape index (κ3) is 3.59. The summed E-state index contributed by atoms with van der Waals surface area (Å²) >= 11 is 0. The Balaban J connectivity index is 1.60. The number of carbonyl (C=O) groups excluding carboxylic acids is 2. The lowest BCUT2D eigenvalue weighted by molar-refractivity contribution is -0.117. The third-order valence-electron chi connectivity index (χ3n) is 4.50. The van der Waals surface area contributed by atoms with Gasteiger partial charge >= 0.3 is 0 Å². The number of fused-ring (bicyclic) bond motifs is 1. The van der Waals surface area contributed by atoms with E-state index in [9.17, 15) is 9.59 Å². The summed E-state index contributed by atoms with van der Waals surface area (Å²) in [6.07, 6.45) is 5.29. The van der Waals surface area contributed by atoms with Gasteiger partial charge in [-0.1, -0.05) is 6.42 Å². The number of nitrogens with one attached hydrogen (secondary N) is 2. The molecule has 2 heterocycles. The van der Waals surface area contributed by atoms with E-state index in [1.807, 2.05) is 0 Å². The van der Waals surface area contributed by atoms with Crippen molar-refractivity contribution in [1.29, 1.82) is 0 Å². The molecule has 2 aromatic rings. The van der Waals surface area contributed by atoms with Crippen LogP contribution in [0.3, 0.4) is 0 Å². The quantitative estimate of drug-likeness (QED) is 0.627. The molecule has 0 bridgehead atoms. The third-order valence-corrected chi connectivity index (χ3v) is 4.50. The van der Waals surface area contributed by atoms with E-state index in [0.29, 0.717) is 17.9 Å². The monoisotopic (exact) mass is 329 g/mol. The van der Waals surface area contributed by atoms with Crippen LogP contribution in [0.15, 0.2) is 24.4 Å². The Morgan fingerprint density at radius 2 is 2.04 bits per heavy atom. The molecule has 128 valence electrons. The number of ketones is 1. The fourth-order valence-corrected chi connectivity index (χ4v) is 3.13. The molecule has 1 aliphatic rings. The van der Waals surface area contributed by atoms with Crippen LogP contribution in [-0.4, -0.2) is 54.9 Å². The summed E-state index contributed by atoms with van der Waals surface area (Å²) in [6.45, 7) is 3.45. The predicted octanol–water partition coefficient (Wildman–Crippen LogP) is 1.96. The van der Waals surface area contributed by atoms with E-state index in [1.54, 1.807) is 31.5 Å². The molecule has 6 nitrogen and oxygen atoms in total. The first-order valence-electron chi connectivity index (χ1n) is 8.39. The molecule has 3 rings (SSSR count). The Labute approximate surface area is 141 Å². The normalized spacial score (nSPS) is 15.4. The highest BCUT2D eigenvalue weighted by atomic mass is 16.5. The van der Waals surface area contributed by atoms with Crippen LogP contribution < -0.4 is 10.1 Å². The molecule has 1 fully saturated rings. The number of H-pyrrole nitrogens is 1. The van der Waals surface area contributed by atoms with Crippen molar-refractivity contribution in [2.24, 2.45) is 0 Å². The molecule has 1 aromatic carbocycles. The van der Waals surface area contributed by atoms with Crippen LogP contribution in [0.5, 0.6) is 5.75 Å². The van der Waals surface area contributed by atoms with Crippen LogP contribution in [0.25, 0.3) is 10.9 Å². The molecule has 0 unspecified atom stereocenters. The number of aromatic amines is 1. The fourth-order valence-electron chi connectivity index (χ4n) is 3.13. The standard InChI is InChI=1S/C18H23N3O3/c1-24-13-5-6-14-15(12-20-16(14)11-13)17(22)18(23)19-7-10-21-8-3-2-4-9-21/h5-6,11-12,20H,2-4,7-10H2,1H3,(H,19,23). The van der Waals surface area contributed by atoms with Gasteiger partial charge in [0.25, 0.3) is 11.7 Å². The van der Waals surface area contributed by atoms with Gasteiger partial charge in [0.1, 0.15) is 5.75 Å². The van der Waals surface area contributed by atoms with Gasteiger partial charge in [0.15, 0.2) is 0 Å². The number of hydrogen-bond acceptors (Lipinski definition) is 4. The van der Waals surface area contributed by atoms with Gasteiger partial charge in [-0.15, -0.1) is 0 Å². The zero-order valence-electron chi connectivity index (χ0n) is 13.9. The van der Waals surface area contributed by atoms with E-state index in [4.69, 9.17) is 4.74 Å². The molecule has 0 atom stereocenters. The van der Waals surface area contributed by atoms with Gasteiger partial charge in [-0.25, -0.2) is 0 Å². The lowest BCUT2D eigenvalue weighted by atomic mass is 10.1. The van der Waals surface area contributed by atoms with E-state index in [1.165, 1.54) is 19.3 Å². The number of amides is 1. The summed E-state index contributed by atoms with van der Waals surface area (Å²) in [5.74, 6) is -0.358. The number of hydrogen-bond donors (Lipinski definition) is 2. The maximum absolute atomic E-state index is 12.4. The molecule has 1 amide bonds. The Kier molecular flexibility index (Phi) is 5.15. The van der Waals surface area contributed by atoms with Crippen molar-refractivity contribution in [1.82, 2.24) is 15.2 Å². The number of methoxy groups -OCH3 is 1. The minimum Gasteiger partial charge on any atom is -0.497 e. The van der Waals surface area contributed by atoms with Gasteiger partial charge in [-0.3, -0.25) is 9.59 Å². The number of rotatable bonds is 6. The van der Waals surface area contributed by atoms with Crippen LogP contribution in [-0.2, 0) is 4.79 Å². The number of aromatic nitrogens is 1. The Hall–Kier alpha value is -2.34. The van der Waals surface area contributed by atoms with Crippen molar-refractivity contribution in [3.05, 3.63) is 30.0 Å². The average Bonchev–Trinajstić information content (AvgIpc) is 3.04. The predicted molar refractivity (Wildman–Crippen MR) is 92.5 cm³/mol. The van der Waals surface area contributed by atoms with Crippen LogP contribution in [0.1, 0.15) is 29.6 Å². The van der Waals surface area contributed by atoms with Gasteiger partial charge in [-0.2, -0.15) is 0 Å². The molecule has 0 aliphatic carbocycles. The minimum absolute atomic E-state index is 0.392. The second-order valence-electron chi connectivity index (χ2n) is 6.10. The Bertz CT molecular complexity index is 732. The highest BCUT2D eigenvalue weighted by Crippen LogP contribution is 2.23. The summed E-state index contributed by atoms with van der Waals surface area (Å²) in [6, 6.07) is 5.38. The topological polar surface area (TPSA) is 74.4 Å². The second-order valence-corrected chi connectivity index (χ2v) is 6.10. The molecule has 2 N–H and O–H groups in total.